The van der Waals surface area contributed by atoms with Gasteiger partial charge in [-0.3, -0.25) is 14.9 Å². The first-order valence-electron chi connectivity index (χ1n) is 12.4. The van der Waals surface area contributed by atoms with Crippen LogP contribution in [0.1, 0.15) is 32.3 Å². The first-order valence-corrected chi connectivity index (χ1v) is 12.4. The Bertz CT molecular complexity index is 1330. The molecule has 0 saturated carbocycles. The van der Waals surface area contributed by atoms with Gasteiger partial charge in [0.05, 0.1) is 28.6 Å². The van der Waals surface area contributed by atoms with Crippen LogP contribution in [-0.2, 0) is 28.6 Å². The Kier molecular flexibility index (Phi) is 10.4. The first kappa shape index (κ1) is 29.8. The summed E-state index contributed by atoms with van der Waals surface area (Å²) in [7, 11) is 1.46. The van der Waals surface area contributed by atoms with E-state index in [0.29, 0.717) is 22.8 Å². The molecule has 12 heteroatoms. The molecule has 1 heterocycles. The molecule has 1 aliphatic heterocycles. The summed E-state index contributed by atoms with van der Waals surface area (Å²) in [5, 5.41) is 17.5. The molecule has 2 N–H and O–H groups in total. The Morgan fingerprint density at radius 1 is 0.900 bits per heavy atom. The van der Waals surface area contributed by atoms with E-state index < -0.39 is 22.8 Å². The quantitative estimate of drug-likeness (QED) is 0.172. The maximum Gasteiger partial charge on any atom is 0.336 e. The minimum Gasteiger partial charge on any atom is -0.490 e. The topological polar surface area (TPSA) is 155 Å². The predicted octanol–water partition coefficient (Wildman–Crippen LogP) is 3.60. The number of carbonyl (C=O) groups is 3. The molecule has 12 nitrogen and oxygen atoms in total. The molecule has 0 fully saturated rings. The molecule has 0 bridgehead atoms. The maximum absolute atomic E-state index is 13.4. The highest BCUT2D eigenvalue weighted by Gasteiger charge is 2.40. The van der Waals surface area contributed by atoms with Gasteiger partial charge in [-0.2, -0.15) is 0 Å². The minimum atomic E-state index is -1.12. The van der Waals surface area contributed by atoms with Crippen LogP contribution in [0.3, 0.4) is 0 Å². The molecule has 0 unspecified atom stereocenters. The molecule has 0 aromatic heterocycles. The van der Waals surface area contributed by atoms with Crippen LogP contribution >= 0.6 is 0 Å². The lowest BCUT2D eigenvalue weighted by Crippen LogP contribution is -2.33. The number of nitrogens with one attached hydrogen (secondary N) is 2. The van der Waals surface area contributed by atoms with E-state index in [1.165, 1.54) is 32.2 Å². The number of nitro benzene ring substituents is 1. The van der Waals surface area contributed by atoms with Crippen LogP contribution in [-0.4, -0.2) is 56.3 Å². The molecular weight excluding hydrogens is 522 g/mol. The van der Waals surface area contributed by atoms with Crippen molar-refractivity contribution in [3.05, 3.63) is 86.7 Å². The van der Waals surface area contributed by atoms with Crippen molar-refractivity contribution in [3.8, 4) is 5.75 Å². The van der Waals surface area contributed by atoms with Gasteiger partial charge in [-0.1, -0.05) is 18.2 Å². The molecule has 0 aliphatic carbocycles. The molecule has 2 aromatic carbocycles. The van der Waals surface area contributed by atoms with Gasteiger partial charge in [0.2, 0.25) is 5.91 Å². The van der Waals surface area contributed by atoms with Crippen LogP contribution in [0.15, 0.2) is 71.1 Å². The average Bonchev–Trinajstić information content (AvgIpc) is 2.91. The van der Waals surface area contributed by atoms with Crippen molar-refractivity contribution in [1.82, 2.24) is 5.32 Å². The number of anilines is 1. The van der Waals surface area contributed by atoms with Gasteiger partial charge < -0.3 is 29.6 Å². The summed E-state index contributed by atoms with van der Waals surface area (Å²) >= 11 is 0. The molecule has 3 rings (SSSR count). The van der Waals surface area contributed by atoms with Gasteiger partial charge in [0.1, 0.15) is 25.6 Å². The first-order chi connectivity index (χ1) is 19.1. The third kappa shape index (κ3) is 7.44. The summed E-state index contributed by atoms with van der Waals surface area (Å²) < 4.78 is 21.4. The number of rotatable bonds is 12. The van der Waals surface area contributed by atoms with Crippen molar-refractivity contribution in [1.29, 1.82) is 0 Å². The Morgan fingerprint density at radius 3 is 2.02 bits per heavy atom. The zero-order valence-electron chi connectivity index (χ0n) is 22.6. The van der Waals surface area contributed by atoms with Gasteiger partial charge in [0.25, 0.3) is 5.69 Å². The normalized spacial score (nSPS) is 14.8. The molecular formula is C28H31N3O9. The van der Waals surface area contributed by atoms with Gasteiger partial charge in [-0.25, -0.2) is 9.59 Å². The Hall–Kier alpha value is -4.71. The predicted molar refractivity (Wildman–Crippen MR) is 144 cm³/mol. The number of hydrogen-bond acceptors (Lipinski definition) is 10. The third-order valence-corrected chi connectivity index (χ3v) is 5.93. The number of ether oxygens (including phenoxy) is 4. The zero-order valence-corrected chi connectivity index (χ0v) is 22.6. The van der Waals surface area contributed by atoms with Crippen LogP contribution in [0.25, 0.3) is 0 Å². The lowest BCUT2D eigenvalue weighted by atomic mass is 9.79. The molecule has 40 heavy (non-hydrogen) atoms. The number of carbonyl (C=O) groups excluding carboxylic acids is 3. The van der Waals surface area contributed by atoms with Crippen molar-refractivity contribution in [3.63, 3.8) is 0 Å². The largest absolute Gasteiger partial charge is 0.490 e. The highest BCUT2D eigenvalue weighted by atomic mass is 16.6. The number of esters is 2. The Balaban J connectivity index is 1.82. The van der Waals surface area contributed by atoms with Gasteiger partial charge in [-0.05, 0) is 38.1 Å². The number of amides is 1. The molecule has 0 radical (unpaired) electrons. The fraction of sp³-hybridized carbons (Fsp3) is 0.321. The molecule has 0 saturated heterocycles. The van der Waals surface area contributed by atoms with Gasteiger partial charge in [-0.15, -0.1) is 0 Å². The smallest absolute Gasteiger partial charge is 0.336 e. The summed E-state index contributed by atoms with van der Waals surface area (Å²) in [6.07, 6.45) is 0. The average molecular weight is 554 g/mol. The van der Waals surface area contributed by atoms with E-state index in [9.17, 15) is 24.5 Å². The van der Waals surface area contributed by atoms with E-state index in [-0.39, 0.29) is 54.7 Å². The van der Waals surface area contributed by atoms with E-state index in [4.69, 9.17) is 18.9 Å². The van der Waals surface area contributed by atoms with Crippen molar-refractivity contribution in [2.45, 2.75) is 26.7 Å². The number of nitro groups is 1. The van der Waals surface area contributed by atoms with E-state index in [1.807, 2.05) is 0 Å². The monoisotopic (exact) mass is 553 g/mol. The van der Waals surface area contributed by atoms with E-state index in [0.717, 1.165) is 0 Å². The molecule has 212 valence electrons. The Labute approximate surface area is 231 Å². The van der Waals surface area contributed by atoms with Crippen LogP contribution < -0.4 is 15.4 Å². The van der Waals surface area contributed by atoms with Gasteiger partial charge >= 0.3 is 11.9 Å². The second-order valence-electron chi connectivity index (χ2n) is 8.77. The van der Waals surface area contributed by atoms with Crippen LogP contribution in [0.2, 0.25) is 0 Å². The minimum absolute atomic E-state index is 0.0158. The molecule has 2 aromatic rings. The molecule has 1 aliphatic rings. The van der Waals surface area contributed by atoms with Gasteiger partial charge in [0, 0.05) is 42.7 Å². The highest BCUT2D eigenvalue weighted by molar-refractivity contribution is 6.00. The maximum atomic E-state index is 13.4. The van der Waals surface area contributed by atoms with E-state index >= 15 is 0 Å². The number of hydrogen-bond donors (Lipinski definition) is 2. The molecule has 1 atom stereocenters. The number of benzene rings is 2. The zero-order chi connectivity index (χ0) is 29.2. The van der Waals surface area contributed by atoms with Crippen LogP contribution in [0.5, 0.6) is 5.75 Å². The number of allylic oxidation sites excluding steroid dienone is 2. The van der Waals surface area contributed by atoms with E-state index in [1.54, 1.807) is 44.2 Å². The Morgan fingerprint density at radius 2 is 1.48 bits per heavy atom. The van der Waals surface area contributed by atoms with E-state index in [2.05, 4.69) is 10.6 Å². The summed E-state index contributed by atoms with van der Waals surface area (Å²) in [4.78, 5) is 49.0. The lowest BCUT2D eigenvalue weighted by molar-refractivity contribution is -0.385. The lowest BCUT2D eigenvalue weighted by Gasteiger charge is -2.30. The summed E-state index contributed by atoms with van der Waals surface area (Å²) in [6.45, 7) is 4.66. The fourth-order valence-electron chi connectivity index (χ4n) is 4.25. The molecule has 0 spiro atoms. The van der Waals surface area contributed by atoms with Crippen molar-refractivity contribution in [2.24, 2.45) is 0 Å². The number of para-hydroxylation sites is 1. The summed E-state index contributed by atoms with van der Waals surface area (Å²) in [5.74, 6) is -2.33. The number of dihydropyridines is 1. The van der Waals surface area contributed by atoms with Crippen LogP contribution in [0, 0.1) is 10.1 Å². The second-order valence-corrected chi connectivity index (χ2v) is 8.77. The number of nitrogens with zero attached hydrogens (tertiary/aromatic N) is 1. The summed E-state index contributed by atoms with van der Waals surface area (Å²) in [5.41, 5.74) is 1.37. The standard InChI is InChI=1S/C28H31N3O9/c1-17-24(27(33)39-14-13-37-4)26(22-7-5-6-8-23(22)31(35)36)25(18(2)29-17)28(34)40-16-15-38-21-11-9-20(10-12-21)30-19(3)32/h5-12,26,29H,13-16H2,1-4H3,(H,30,32)/t26-/m0/s1. The SMILES string of the molecule is COCCOC(=O)C1=C(C)NC(C)=C(C(=O)OCCOc2ccc(NC(C)=O)cc2)[C@H]1c1ccccc1[N+](=O)[O-]. The molecule has 1 amide bonds. The van der Waals surface area contributed by atoms with Gasteiger partial charge in [0.15, 0.2) is 0 Å². The van der Waals surface area contributed by atoms with Crippen molar-refractivity contribution in [2.75, 3.05) is 38.9 Å². The van der Waals surface area contributed by atoms with Crippen molar-refractivity contribution >= 4 is 29.2 Å². The highest BCUT2D eigenvalue weighted by Crippen LogP contribution is 2.42. The number of methoxy groups -OCH3 is 1. The second kappa shape index (κ2) is 13.9. The fourth-order valence-corrected chi connectivity index (χ4v) is 4.25. The summed E-state index contributed by atoms with van der Waals surface area (Å²) in [6, 6.07) is 12.6. The third-order valence-electron chi connectivity index (χ3n) is 5.93. The van der Waals surface area contributed by atoms with Crippen LogP contribution in [0.4, 0.5) is 11.4 Å². The van der Waals surface area contributed by atoms with Crippen molar-refractivity contribution < 1.29 is 38.3 Å².